The van der Waals surface area contributed by atoms with E-state index in [4.69, 9.17) is 4.74 Å². The first-order chi connectivity index (χ1) is 13.6. The topological polar surface area (TPSA) is 83.1 Å². The predicted octanol–water partition coefficient (Wildman–Crippen LogP) is 1.02. The molecule has 3 rings (SSSR count). The zero-order valence-corrected chi connectivity index (χ0v) is 16.4. The fraction of sp³-hybridized carbons (Fsp3) is 0.450. The van der Waals surface area contributed by atoms with E-state index in [1.54, 1.807) is 17.9 Å². The molecule has 1 aromatic carbocycles. The molecule has 0 unspecified atom stereocenters. The van der Waals surface area contributed by atoms with Gasteiger partial charge in [-0.3, -0.25) is 13.9 Å². The number of rotatable bonds is 10. The number of hydrogen-bond acceptors (Lipinski definition) is 5. The number of benzene rings is 1. The lowest BCUT2D eigenvalue weighted by molar-refractivity contribution is 0.126. The number of fused-ring (bicyclic) bond motifs is 1. The van der Waals surface area contributed by atoms with Gasteiger partial charge in [-0.2, -0.15) is 0 Å². The van der Waals surface area contributed by atoms with Crippen molar-refractivity contribution in [2.24, 2.45) is 14.1 Å². The molecule has 0 aliphatic heterocycles. The van der Waals surface area contributed by atoms with Gasteiger partial charge in [-0.05, 0) is 24.9 Å². The van der Waals surface area contributed by atoms with Crippen LogP contribution in [0.15, 0.2) is 46.2 Å². The molecule has 0 aliphatic carbocycles. The third-order valence-electron chi connectivity index (χ3n) is 4.72. The Morgan fingerprint density at radius 2 is 1.79 bits per heavy atom. The van der Waals surface area contributed by atoms with Crippen molar-refractivity contribution in [3.8, 4) is 0 Å². The van der Waals surface area contributed by atoms with E-state index in [1.165, 1.54) is 17.2 Å². The molecule has 0 atom stereocenters. The summed E-state index contributed by atoms with van der Waals surface area (Å²) in [4.78, 5) is 28.5. The van der Waals surface area contributed by atoms with Crippen molar-refractivity contribution in [3.63, 3.8) is 0 Å². The second kappa shape index (κ2) is 9.48. The Balaban J connectivity index is 1.38. The van der Waals surface area contributed by atoms with Gasteiger partial charge in [0.05, 0.1) is 6.33 Å². The molecule has 0 amide bonds. The minimum absolute atomic E-state index is 0.319. The van der Waals surface area contributed by atoms with E-state index in [9.17, 15) is 9.59 Å². The van der Waals surface area contributed by atoms with E-state index >= 15 is 0 Å². The fourth-order valence-electron chi connectivity index (χ4n) is 3.13. The Morgan fingerprint density at radius 1 is 1.04 bits per heavy atom. The van der Waals surface area contributed by atoms with Gasteiger partial charge < -0.3 is 14.6 Å². The van der Waals surface area contributed by atoms with Gasteiger partial charge in [-0.15, -0.1) is 0 Å². The van der Waals surface area contributed by atoms with E-state index < -0.39 is 0 Å². The molecule has 0 fully saturated rings. The van der Waals surface area contributed by atoms with Gasteiger partial charge in [0, 0.05) is 40.4 Å². The van der Waals surface area contributed by atoms with Gasteiger partial charge in [-0.1, -0.05) is 30.3 Å². The molecular weight excluding hydrogens is 358 g/mol. The Morgan fingerprint density at radius 3 is 2.57 bits per heavy atom. The number of nitrogens with zero attached hydrogens (tertiary/aromatic N) is 4. The van der Waals surface area contributed by atoms with E-state index in [-0.39, 0.29) is 11.2 Å². The van der Waals surface area contributed by atoms with Crippen molar-refractivity contribution in [2.45, 2.75) is 25.9 Å². The van der Waals surface area contributed by atoms with Crippen LogP contribution in [0.25, 0.3) is 11.2 Å². The Bertz CT molecular complexity index is 1020. The molecule has 0 radical (unpaired) electrons. The van der Waals surface area contributed by atoms with Crippen LogP contribution in [-0.2, 0) is 31.9 Å². The average molecular weight is 385 g/mol. The van der Waals surface area contributed by atoms with Crippen molar-refractivity contribution in [3.05, 3.63) is 63.1 Å². The van der Waals surface area contributed by atoms with Crippen molar-refractivity contribution in [1.82, 2.24) is 24.0 Å². The summed E-state index contributed by atoms with van der Waals surface area (Å²) in [6.07, 6.45) is 3.33. The second-order valence-corrected chi connectivity index (χ2v) is 6.80. The van der Waals surface area contributed by atoms with Gasteiger partial charge in [-0.25, -0.2) is 9.78 Å². The largest absolute Gasteiger partial charge is 0.381 e. The minimum atomic E-state index is -0.369. The molecule has 0 spiro atoms. The van der Waals surface area contributed by atoms with E-state index in [0.29, 0.717) is 30.9 Å². The summed E-state index contributed by atoms with van der Waals surface area (Å²) < 4.78 is 9.98. The van der Waals surface area contributed by atoms with Crippen LogP contribution in [-0.4, -0.2) is 38.4 Å². The van der Waals surface area contributed by atoms with Crippen LogP contribution in [0.1, 0.15) is 18.4 Å². The maximum Gasteiger partial charge on any atom is 0.332 e. The number of hydrogen-bond donors (Lipinski definition) is 1. The normalized spacial score (nSPS) is 11.4. The summed E-state index contributed by atoms with van der Waals surface area (Å²) in [6, 6.07) is 10.3. The summed E-state index contributed by atoms with van der Waals surface area (Å²) in [5.41, 5.74) is 1.46. The van der Waals surface area contributed by atoms with Crippen molar-refractivity contribution < 1.29 is 4.74 Å². The summed E-state index contributed by atoms with van der Waals surface area (Å²) in [5, 5.41) is 3.40. The van der Waals surface area contributed by atoms with Crippen LogP contribution >= 0.6 is 0 Å². The molecule has 150 valence electrons. The number of aromatic nitrogens is 4. The molecule has 0 bridgehead atoms. The van der Waals surface area contributed by atoms with E-state index in [2.05, 4.69) is 22.4 Å². The molecule has 8 heteroatoms. The summed E-state index contributed by atoms with van der Waals surface area (Å²) >= 11 is 0. The number of nitrogens with one attached hydrogen (secondary N) is 1. The van der Waals surface area contributed by atoms with Crippen LogP contribution in [0, 0.1) is 0 Å². The second-order valence-electron chi connectivity index (χ2n) is 6.80. The van der Waals surface area contributed by atoms with Gasteiger partial charge in [0.25, 0.3) is 5.56 Å². The molecule has 2 heterocycles. The number of aryl methyl sites for hydroxylation is 2. The predicted molar refractivity (Wildman–Crippen MR) is 108 cm³/mol. The summed E-state index contributed by atoms with van der Waals surface area (Å²) in [5.74, 6) is 0. The fourth-order valence-corrected chi connectivity index (χ4v) is 3.13. The van der Waals surface area contributed by atoms with Crippen molar-refractivity contribution in [1.29, 1.82) is 0 Å². The smallest absolute Gasteiger partial charge is 0.332 e. The van der Waals surface area contributed by atoms with Crippen LogP contribution in [0.4, 0.5) is 0 Å². The average Bonchev–Trinajstić information content (AvgIpc) is 3.14. The zero-order chi connectivity index (χ0) is 19.9. The first kappa shape index (κ1) is 20.0. The standard InChI is InChI=1S/C20H27N5O3/c1-23-18-17(19(26)24(2)20(23)27)25(15-22-18)11-7-13-28-12-6-10-21-14-16-8-4-3-5-9-16/h3-5,8-9,15,21H,6-7,10-14H2,1-2H3. The third kappa shape index (κ3) is 4.58. The highest BCUT2D eigenvalue weighted by Crippen LogP contribution is 2.06. The third-order valence-corrected chi connectivity index (χ3v) is 4.72. The van der Waals surface area contributed by atoms with Crippen LogP contribution < -0.4 is 16.6 Å². The Hall–Kier alpha value is -2.71. The molecule has 2 aromatic heterocycles. The Kier molecular flexibility index (Phi) is 6.78. The zero-order valence-electron chi connectivity index (χ0n) is 16.4. The van der Waals surface area contributed by atoms with Gasteiger partial charge in [0.1, 0.15) is 0 Å². The Labute approximate surface area is 163 Å². The lowest BCUT2D eigenvalue weighted by Gasteiger charge is -2.08. The number of imidazole rings is 1. The maximum atomic E-state index is 12.4. The van der Waals surface area contributed by atoms with Crippen LogP contribution in [0.5, 0.6) is 0 Å². The maximum absolute atomic E-state index is 12.4. The van der Waals surface area contributed by atoms with E-state index in [1.807, 2.05) is 18.2 Å². The molecule has 1 N–H and O–H groups in total. The lowest BCUT2D eigenvalue weighted by atomic mass is 10.2. The van der Waals surface area contributed by atoms with E-state index in [0.717, 1.165) is 30.5 Å². The molecule has 28 heavy (non-hydrogen) atoms. The minimum Gasteiger partial charge on any atom is -0.381 e. The first-order valence-corrected chi connectivity index (χ1v) is 9.53. The molecular formula is C20H27N5O3. The van der Waals surface area contributed by atoms with Crippen LogP contribution in [0.3, 0.4) is 0 Å². The van der Waals surface area contributed by atoms with Gasteiger partial charge >= 0.3 is 5.69 Å². The molecule has 3 aromatic rings. The van der Waals surface area contributed by atoms with Crippen LogP contribution in [0.2, 0.25) is 0 Å². The molecule has 0 saturated heterocycles. The monoisotopic (exact) mass is 385 g/mol. The van der Waals surface area contributed by atoms with Gasteiger partial charge in [0.15, 0.2) is 11.2 Å². The quantitative estimate of drug-likeness (QED) is 0.527. The summed E-state index contributed by atoms with van der Waals surface area (Å²) in [7, 11) is 3.10. The highest BCUT2D eigenvalue weighted by Gasteiger charge is 2.13. The van der Waals surface area contributed by atoms with Crippen molar-refractivity contribution in [2.75, 3.05) is 19.8 Å². The lowest BCUT2D eigenvalue weighted by Crippen LogP contribution is -2.37. The molecule has 8 nitrogen and oxygen atoms in total. The first-order valence-electron chi connectivity index (χ1n) is 9.53. The molecule has 0 aliphatic rings. The highest BCUT2D eigenvalue weighted by molar-refractivity contribution is 5.69. The van der Waals surface area contributed by atoms with Crippen molar-refractivity contribution >= 4 is 11.2 Å². The molecule has 0 saturated carbocycles. The highest BCUT2D eigenvalue weighted by atomic mass is 16.5. The SMILES string of the molecule is Cn1c(=O)c2c(ncn2CCCOCCCNCc2ccccc2)n(C)c1=O. The van der Waals surface area contributed by atoms with Gasteiger partial charge in [0.2, 0.25) is 0 Å². The number of ether oxygens (including phenoxy) is 1. The summed E-state index contributed by atoms with van der Waals surface area (Å²) in [6.45, 7) is 3.71.